The summed E-state index contributed by atoms with van der Waals surface area (Å²) in [6, 6.07) is 98.3. The van der Waals surface area contributed by atoms with E-state index >= 15 is 0 Å². The van der Waals surface area contributed by atoms with E-state index in [-0.39, 0.29) is 13.2 Å². The number of terminal acetylenes is 2. The highest BCUT2D eigenvalue weighted by molar-refractivity contribution is 6.08. The molecule has 18 heteroatoms. The monoisotopic (exact) mass is 1600 g/mol. The van der Waals surface area contributed by atoms with Crippen LogP contribution in [0.1, 0.15) is 0 Å². The Labute approximate surface area is 705 Å². The van der Waals surface area contributed by atoms with Crippen molar-refractivity contribution in [2.45, 2.75) is 0 Å². The second kappa shape index (κ2) is 37.7. The zero-order chi connectivity index (χ0) is 82.2. The lowest BCUT2D eigenvalue weighted by Gasteiger charge is -2.11. The number of fused-ring (bicyclic) bond motifs is 12. The van der Waals surface area contributed by atoms with Gasteiger partial charge in [-0.25, -0.2) is 39.9 Å². The van der Waals surface area contributed by atoms with E-state index in [0.29, 0.717) is 104 Å². The molecule has 0 radical (unpaired) electrons. The fraction of sp³-hybridized carbons (Fsp3) is 0.154. The maximum absolute atomic E-state index is 6.03. The van der Waals surface area contributed by atoms with Crippen LogP contribution in [-0.2, 0) is 28.4 Å². The highest BCUT2D eigenvalue weighted by Crippen LogP contribution is 2.37. The van der Waals surface area contributed by atoms with Crippen LogP contribution in [0.25, 0.3) is 177 Å². The molecule has 0 aliphatic rings. The number of ether oxygens (including phenoxy) is 10. The molecule has 0 aliphatic heterocycles. The van der Waals surface area contributed by atoms with Gasteiger partial charge in [0.05, 0.1) is 169 Å². The van der Waals surface area contributed by atoms with Gasteiger partial charge >= 0.3 is 0 Å². The lowest BCUT2D eigenvalue weighted by molar-refractivity contribution is -0.0187. The van der Waals surface area contributed by atoms with Crippen molar-refractivity contribution in [3.05, 3.63) is 291 Å². The maximum Gasteiger partial charge on any atom is 0.148 e. The van der Waals surface area contributed by atoms with Crippen molar-refractivity contribution >= 4 is 87.2 Å². The quantitative estimate of drug-likeness (QED) is 0.0206. The second-order valence-electron chi connectivity index (χ2n) is 29.0. The minimum absolute atomic E-state index is 0.216. The predicted octanol–water partition coefficient (Wildman–Crippen LogP) is 21.0. The molecule has 18 nitrogen and oxygen atoms in total. The Morgan fingerprint density at radius 2 is 0.352 bits per heavy atom. The molecule has 0 bridgehead atoms. The van der Waals surface area contributed by atoms with Crippen molar-refractivity contribution in [3.63, 3.8) is 0 Å². The van der Waals surface area contributed by atoms with Crippen LogP contribution in [0.4, 0.5) is 0 Å². The summed E-state index contributed by atoms with van der Waals surface area (Å²) in [5, 5.41) is 8.06. The first-order valence-corrected chi connectivity index (χ1v) is 40.7. The first kappa shape index (κ1) is 78.7. The number of hydrogen-bond acceptors (Lipinski definition) is 18. The lowest BCUT2D eigenvalue weighted by atomic mass is 10.0. The Morgan fingerprint density at radius 3 is 0.549 bits per heavy atom. The summed E-state index contributed by atoms with van der Waals surface area (Å²) in [7, 11) is 0. The molecule has 8 heterocycles. The van der Waals surface area contributed by atoms with Crippen LogP contribution < -0.4 is 18.9 Å². The first-order chi connectivity index (χ1) is 60.3. The SMILES string of the molecule is C#CCOc1ccc(-c2ccc3ccc4ccc(-c5cccc(-c6ccc7ccc8ccc(-c9ccc(OCCOCCOCCOCCOCCOCCOCCOc%10ccc(-c%11ccc%12ccc%13ccc(-c%14cccc(-c%15ccc%16ccc%17ccc(-c%18ccc(OCC#C)cc%18)nc%17c%16n%15)c%14)nc%13c%12n%11)cc%10)cc9)nc8c7n6)c5)nc4c3n2)cc1. The van der Waals surface area contributed by atoms with Gasteiger partial charge in [0, 0.05) is 87.6 Å². The fourth-order valence-corrected chi connectivity index (χ4v) is 14.8. The van der Waals surface area contributed by atoms with Gasteiger partial charge in [-0.1, -0.05) is 145 Å². The maximum atomic E-state index is 6.03. The average molecular weight is 1600 g/mol. The van der Waals surface area contributed by atoms with Crippen LogP contribution in [0.15, 0.2) is 291 Å². The Kier molecular flexibility index (Phi) is 24.3. The molecule has 0 aliphatic carbocycles. The van der Waals surface area contributed by atoms with Crippen molar-refractivity contribution in [1.82, 2.24) is 39.9 Å². The number of aromatic nitrogens is 8. The summed E-state index contributed by atoms with van der Waals surface area (Å²) in [6.45, 7) is 6.59. The molecule has 18 rings (SSSR count). The third kappa shape index (κ3) is 18.4. The van der Waals surface area contributed by atoms with Gasteiger partial charge in [0.2, 0.25) is 0 Å². The number of hydrogen-bond donors (Lipinski definition) is 0. The normalized spacial score (nSPS) is 11.5. The van der Waals surface area contributed by atoms with E-state index < -0.39 is 0 Å². The van der Waals surface area contributed by atoms with Gasteiger partial charge in [0.1, 0.15) is 49.4 Å². The minimum Gasteiger partial charge on any atom is -0.491 e. The Bertz CT molecular complexity index is 6490. The molecule has 0 N–H and O–H groups in total. The van der Waals surface area contributed by atoms with Crippen LogP contribution in [0.5, 0.6) is 23.0 Å². The van der Waals surface area contributed by atoms with E-state index in [1.807, 2.05) is 121 Å². The zero-order valence-electron chi connectivity index (χ0n) is 66.8. The summed E-state index contributed by atoms with van der Waals surface area (Å²) in [6.07, 6.45) is 10.8. The predicted molar refractivity (Wildman–Crippen MR) is 483 cm³/mol. The molecule has 18 aromatic rings. The van der Waals surface area contributed by atoms with Gasteiger partial charge in [0.25, 0.3) is 0 Å². The van der Waals surface area contributed by atoms with E-state index in [0.717, 1.165) is 189 Å². The third-order valence-corrected chi connectivity index (χ3v) is 21.1. The molecular weight excluding hydrogens is 1520 g/mol. The first-order valence-electron chi connectivity index (χ1n) is 40.7. The smallest absolute Gasteiger partial charge is 0.148 e. The van der Waals surface area contributed by atoms with E-state index in [2.05, 4.69) is 182 Å². The van der Waals surface area contributed by atoms with Gasteiger partial charge in [-0.2, -0.15) is 0 Å². The van der Waals surface area contributed by atoms with Crippen LogP contribution in [0.3, 0.4) is 0 Å². The fourth-order valence-electron chi connectivity index (χ4n) is 14.8. The number of pyridine rings is 8. The third-order valence-electron chi connectivity index (χ3n) is 21.1. The van der Waals surface area contributed by atoms with Crippen LogP contribution in [0, 0.1) is 24.7 Å². The van der Waals surface area contributed by atoms with E-state index in [1.54, 1.807) is 0 Å². The summed E-state index contributed by atoms with van der Waals surface area (Å²) >= 11 is 0. The van der Waals surface area contributed by atoms with Crippen molar-refractivity contribution in [2.75, 3.05) is 106 Å². The van der Waals surface area contributed by atoms with Crippen molar-refractivity contribution in [3.8, 4) is 138 Å². The van der Waals surface area contributed by atoms with Gasteiger partial charge in [0.15, 0.2) is 0 Å². The topological polar surface area (TPSA) is 195 Å². The van der Waals surface area contributed by atoms with Crippen molar-refractivity contribution < 1.29 is 47.4 Å². The highest BCUT2D eigenvalue weighted by Gasteiger charge is 2.18. The molecule has 0 atom stereocenters. The second-order valence-corrected chi connectivity index (χ2v) is 29.0. The summed E-state index contributed by atoms with van der Waals surface area (Å²) in [5.74, 6) is 7.93. The van der Waals surface area contributed by atoms with Gasteiger partial charge in [-0.3, -0.25) is 0 Å². The van der Waals surface area contributed by atoms with Crippen LogP contribution in [0.2, 0.25) is 0 Å². The molecule has 10 aromatic carbocycles. The van der Waals surface area contributed by atoms with Crippen molar-refractivity contribution in [2.24, 2.45) is 0 Å². The van der Waals surface area contributed by atoms with E-state index in [1.165, 1.54) is 0 Å². The van der Waals surface area contributed by atoms with Crippen LogP contribution in [-0.4, -0.2) is 146 Å². The minimum atomic E-state index is 0.216. The molecular formula is C104H82N8O10. The van der Waals surface area contributed by atoms with Crippen LogP contribution >= 0.6 is 0 Å². The molecule has 0 amide bonds. The Balaban J connectivity index is 0.381. The van der Waals surface area contributed by atoms with E-state index in [4.69, 9.17) is 100 Å². The molecule has 122 heavy (non-hydrogen) atoms. The van der Waals surface area contributed by atoms with Gasteiger partial charge < -0.3 is 47.4 Å². The largest absolute Gasteiger partial charge is 0.491 e. The molecule has 0 unspecified atom stereocenters. The number of nitrogens with zero attached hydrogens (tertiary/aromatic N) is 8. The lowest BCUT2D eigenvalue weighted by Crippen LogP contribution is -2.15. The summed E-state index contributed by atoms with van der Waals surface area (Å²) < 4.78 is 57.6. The van der Waals surface area contributed by atoms with E-state index in [9.17, 15) is 0 Å². The highest BCUT2D eigenvalue weighted by atomic mass is 16.6. The van der Waals surface area contributed by atoms with Gasteiger partial charge in [-0.15, -0.1) is 12.8 Å². The standard InChI is InChI=1S/C104H82N8O10/c1-3-51-119-85-35-19-69(20-36-85)89-43-27-73-11-15-77-31-47-93(109-101(77)97(73)105-89)81-7-5-9-83(67-81)95-49-33-79-17-13-75-29-45-91(107-99(75)103(79)111-95)71-23-39-87(40-24-71)121-65-63-117-61-59-115-57-55-113-53-54-114-56-58-116-60-62-118-64-66-122-88-41-25-72(26-42-88)92-46-30-76-14-18-80-34-50-96(112-104(80)100(76)108-92)84-10-6-8-82(68-84)94-48-32-78-16-12-74-28-44-90(106-98(74)102(78)110-94)70-21-37-86(38-22-70)120-52-4-2/h1-2,5-50,67-68H,51-66H2. The Hall–Kier alpha value is -14.4. The molecule has 0 fully saturated rings. The molecule has 8 aromatic heterocycles. The molecule has 0 saturated heterocycles. The summed E-state index contributed by atoms with van der Waals surface area (Å²) in [5.41, 5.74) is 21.1. The zero-order valence-corrected chi connectivity index (χ0v) is 66.8. The Morgan fingerprint density at radius 1 is 0.180 bits per heavy atom. The molecule has 598 valence electrons. The average Bonchev–Trinajstić information content (AvgIpc) is 0.776. The molecule has 0 saturated carbocycles. The van der Waals surface area contributed by atoms with Crippen molar-refractivity contribution in [1.29, 1.82) is 0 Å². The molecule has 0 spiro atoms. The number of rotatable bonds is 35. The number of benzene rings is 10. The van der Waals surface area contributed by atoms with Gasteiger partial charge in [-0.05, 0) is 158 Å². The summed E-state index contributed by atoms with van der Waals surface area (Å²) in [4.78, 5) is 41.7.